The molecular weight excluding hydrogens is 372 g/mol. The van der Waals surface area contributed by atoms with Crippen molar-refractivity contribution in [1.82, 2.24) is 0 Å². The molecule has 0 amide bonds. The molecule has 138 valence electrons. The predicted molar refractivity (Wildman–Crippen MR) is 93.0 cm³/mol. The van der Waals surface area contributed by atoms with E-state index in [1.807, 2.05) is 0 Å². The van der Waals surface area contributed by atoms with Gasteiger partial charge in [0, 0.05) is 23.4 Å². The van der Waals surface area contributed by atoms with Crippen LogP contribution in [-0.4, -0.2) is 25.4 Å². The molecule has 0 aromatic heterocycles. The van der Waals surface area contributed by atoms with Gasteiger partial charge in [-0.2, -0.15) is 13.2 Å². The van der Waals surface area contributed by atoms with E-state index in [2.05, 4.69) is 10.3 Å². The number of anilines is 1. The largest absolute Gasteiger partial charge is 0.497 e. The Bertz CT molecular complexity index is 880. The number of fused-ring (bicyclic) bond motifs is 1. The number of alkyl halides is 3. The first-order chi connectivity index (χ1) is 12.2. The Kier molecular flexibility index (Phi) is 4.84. The highest BCUT2D eigenvalue weighted by molar-refractivity contribution is 6.37. The van der Waals surface area contributed by atoms with Gasteiger partial charge in [0.2, 0.25) is 0 Å². The summed E-state index contributed by atoms with van der Waals surface area (Å²) in [6.45, 7) is 2.15. The SMILES string of the molecule is COc1ccc(F)c(C2=NC(C)CNc3ccc(C(F)(F)F)c(Cl)c32)c1. The zero-order valence-electron chi connectivity index (χ0n) is 13.9. The molecule has 1 N–H and O–H groups in total. The van der Waals surface area contributed by atoms with Gasteiger partial charge in [-0.25, -0.2) is 4.39 Å². The van der Waals surface area contributed by atoms with Crippen molar-refractivity contribution in [3.63, 3.8) is 0 Å². The monoisotopic (exact) mass is 386 g/mol. The van der Waals surface area contributed by atoms with E-state index in [9.17, 15) is 17.6 Å². The van der Waals surface area contributed by atoms with Crippen LogP contribution >= 0.6 is 11.6 Å². The van der Waals surface area contributed by atoms with E-state index in [1.54, 1.807) is 6.92 Å². The molecule has 0 bridgehead atoms. The van der Waals surface area contributed by atoms with Gasteiger partial charge < -0.3 is 10.1 Å². The molecule has 0 fully saturated rings. The Balaban J connectivity index is 2.30. The van der Waals surface area contributed by atoms with E-state index in [0.717, 1.165) is 6.07 Å². The van der Waals surface area contributed by atoms with Gasteiger partial charge in [-0.3, -0.25) is 4.99 Å². The lowest BCUT2D eigenvalue weighted by atomic mass is 9.97. The molecule has 26 heavy (non-hydrogen) atoms. The summed E-state index contributed by atoms with van der Waals surface area (Å²) in [5.74, 6) is -0.267. The molecule has 1 atom stereocenters. The maximum absolute atomic E-state index is 14.5. The topological polar surface area (TPSA) is 33.6 Å². The summed E-state index contributed by atoms with van der Waals surface area (Å²) >= 11 is 6.11. The van der Waals surface area contributed by atoms with Crippen molar-refractivity contribution in [2.24, 2.45) is 4.99 Å². The number of aliphatic imine (C=N–C) groups is 1. The summed E-state index contributed by atoms with van der Waals surface area (Å²) in [5, 5.41) is 2.51. The average Bonchev–Trinajstić information content (AvgIpc) is 2.74. The van der Waals surface area contributed by atoms with Crippen LogP contribution in [0, 0.1) is 5.82 Å². The van der Waals surface area contributed by atoms with Gasteiger partial charge in [-0.1, -0.05) is 11.6 Å². The number of benzene rings is 2. The van der Waals surface area contributed by atoms with Crippen molar-refractivity contribution in [2.45, 2.75) is 19.1 Å². The number of hydrogen-bond acceptors (Lipinski definition) is 3. The Morgan fingerprint density at radius 2 is 1.96 bits per heavy atom. The molecule has 1 aliphatic heterocycles. The molecular formula is C18H15ClF4N2O. The highest BCUT2D eigenvalue weighted by atomic mass is 35.5. The average molecular weight is 387 g/mol. The lowest BCUT2D eigenvalue weighted by Crippen LogP contribution is -2.13. The summed E-state index contributed by atoms with van der Waals surface area (Å²) in [4.78, 5) is 4.41. The molecule has 0 spiro atoms. The molecule has 2 aromatic rings. The molecule has 3 rings (SSSR count). The number of methoxy groups -OCH3 is 1. The fourth-order valence-electron chi connectivity index (χ4n) is 2.78. The number of benzodiazepines with no additional fused rings is 1. The van der Waals surface area contributed by atoms with Gasteiger partial charge in [0.15, 0.2) is 0 Å². The second kappa shape index (κ2) is 6.79. The number of rotatable bonds is 2. The van der Waals surface area contributed by atoms with Crippen molar-refractivity contribution in [1.29, 1.82) is 0 Å². The van der Waals surface area contributed by atoms with Crippen LogP contribution in [0.5, 0.6) is 5.75 Å². The van der Waals surface area contributed by atoms with Gasteiger partial charge in [-0.05, 0) is 37.3 Å². The Morgan fingerprint density at radius 1 is 1.23 bits per heavy atom. The smallest absolute Gasteiger partial charge is 0.417 e. The van der Waals surface area contributed by atoms with Crippen LogP contribution < -0.4 is 10.1 Å². The molecule has 0 aliphatic carbocycles. The van der Waals surface area contributed by atoms with Crippen LogP contribution in [0.4, 0.5) is 23.2 Å². The zero-order chi connectivity index (χ0) is 19.1. The van der Waals surface area contributed by atoms with E-state index < -0.39 is 22.6 Å². The van der Waals surface area contributed by atoms with E-state index in [1.165, 1.54) is 31.4 Å². The minimum atomic E-state index is -4.64. The molecule has 0 saturated heterocycles. The maximum atomic E-state index is 14.5. The van der Waals surface area contributed by atoms with Gasteiger partial charge in [-0.15, -0.1) is 0 Å². The lowest BCUT2D eigenvalue weighted by molar-refractivity contribution is -0.137. The van der Waals surface area contributed by atoms with Crippen molar-refractivity contribution >= 4 is 23.0 Å². The predicted octanol–water partition coefficient (Wildman–Crippen LogP) is 5.16. The molecule has 8 heteroatoms. The third-order valence-electron chi connectivity index (χ3n) is 4.05. The van der Waals surface area contributed by atoms with Crippen LogP contribution in [0.1, 0.15) is 23.6 Å². The fraction of sp³-hybridized carbons (Fsp3) is 0.278. The highest BCUT2D eigenvalue weighted by Gasteiger charge is 2.36. The second-order valence-corrected chi connectivity index (χ2v) is 6.28. The van der Waals surface area contributed by atoms with Crippen LogP contribution in [0.15, 0.2) is 35.3 Å². The minimum absolute atomic E-state index is 0.0259. The summed E-state index contributed by atoms with van der Waals surface area (Å²) in [7, 11) is 1.42. The minimum Gasteiger partial charge on any atom is -0.497 e. The Labute approximate surface area is 152 Å². The lowest BCUT2D eigenvalue weighted by Gasteiger charge is -2.17. The van der Waals surface area contributed by atoms with E-state index >= 15 is 0 Å². The highest BCUT2D eigenvalue weighted by Crippen LogP contribution is 2.41. The second-order valence-electron chi connectivity index (χ2n) is 5.90. The summed E-state index contributed by atoms with van der Waals surface area (Å²) in [6, 6.07) is 5.90. The van der Waals surface area contributed by atoms with Crippen molar-refractivity contribution < 1.29 is 22.3 Å². The van der Waals surface area contributed by atoms with Crippen LogP contribution in [-0.2, 0) is 6.18 Å². The number of halogens is 5. The number of nitrogens with one attached hydrogen (secondary N) is 1. The van der Waals surface area contributed by atoms with Crippen LogP contribution in [0.2, 0.25) is 5.02 Å². The number of nitrogens with zero attached hydrogens (tertiary/aromatic N) is 1. The summed E-state index contributed by atoms with van der Waals surface area (Å²) in [5.41, 5.74) is -0.510. The normalized spacial score (nSPS) is 17.0. The quantitative estimate of drug-likeness (QED) is 0.723. The summed E-state index contributed by atoms with van der Waals surface area (Å²) < 4.78 is 59.5. The number of hydrogen-bond donors (Lipinski definition) is 1. The van der Waals surface area contributed by atoms with Crippen molar-refractivity contribution in [3.05, 3.63) is 57.9 Å². The summed E-state index contributed by atoms with van der Waals surface area (Å²) in [6.07, 6.45) is -4.64. The van der Waals surface area contributed by atoms with Crippen molar-refractivity contribution in [3.8, 4) is 5.75 Å². The standard InChI is InChI=1S/C18H15ClF4N2O/c1-9-8-24-14-6-4-12(18(21,22)23)16(19)15(14)17(25-9)11-7-10(26-2)3-5-13(11)20/h3-7,9,24H,8H2,1-2H3. The Hall–Kier alpha value is -2.28. The molecule has 1 heterocycles. The maximum Gasteiger partial charge on any atom is 0.417 e. The van der Waals surface area contributed by atoms with Gasteiger partial charge in [0.25, 0.3) is 0 Å². The molecule has 0 radical (unpaired) electrons. The third-order valence-corrected chi connectivity index (χ3v) is 4.44. The first kappa shape index (κ1) is 18.5. The van der Waals surface area contributed by atoms with Crippen LogP contribution in [0.25, 0.3) is 0 Å². The zero-order valence-corrected chi connectivity index (χ0v) is 14.7. The Morgan fingerprint density at radius 3 is 2.62 bits per heavy atom. The van der Waals surface area contributed by atoms with Gasteiger partial charge in [0.1, 0.15) is 11.6 Å². The molecule has 2 aromatic carbocycles. The molecule has 1 unspecified atom stereocenters. The fourth-order valence-corrected chi connectivity index (χ4v) is 3.14. The van der Waals surface area contributed by atoms with E-state index in [-0.39, 0.29) is 22.9 Å². The number of ether oxygens (including phenoxy) is 1. The van der Waals surface area contributed by atoms with Crippen molar-refractivity contribution in [2.75, 3.05) is 19.0 Å². The molecule has 1 aliphatic rings. The molecule has 3 nitrogen and oxygen atoms in total. The van der Waals surface area contributed by atoms with Crippen LogP contribution in [0.3, 0.4) is 0 Å². The molecule has 0 saturated carbocycles. The van der Waals surface area contributed by atoms with Gasteiger partial charge >= 0.3 is 6.18 Å². The first-order valence-corrected chi connectivity index (χ1v) is 8.15. The van der Waals surface area contributed by atoms with Gasteiger partial charge in [0.05, 0.1) is 29.4 Å². The third kappa shape index (κ3) is 3.35. The first-order valence-electron chi connectivity index (χ1n) is 7.78. The van der Waals surface area contributed by atoms with E-state index in [0.29, 0.717) is 18.0 Å². The van der Waals surface area contributed by atoms with E-state index in [4.69, 9.17) is 16.3 Å².